The molecule has 3 saturated heterocycles. The van der Waals surface area contributed by atoms with Gasteiger partial charge < -0.3 is 29.7 Å². The predicted molar refractivity (Wildman–Crippen MR) is 177 cm³/mol. The van der Waals surface area contributed by atoms with E-state index in [1.807, 2.05) is 34.1 Å². The topological polar surface area (TPSA) is 97.4 Å². The molecule has 0 bridgehead atoms. The maximum atomic E-state index is 13.0. The Morgan fingerprint density at radius 3 is 2.33 bits per heavy atom. The third-order valence-corrected chi connectivity index (χ3v) is 9.31. The van der Waals surface area contributed by atoms with Gasteiger partial charge in [0.1, 0.15) is 12.1 Å². The van der Waals surface area contributed by atoms with Crippen LogP contribution in [-0.2, 0) is 0 Å². The van der Waals surface area contributed by atoms with Crippen molar-refractivity contribution < 1.29 is 14.3 Å². The molecule has 11 nitrogen and oxygen atoms in total. The molecule has 0 spiro atoms. The van der Waals surface area contributed by atoms with Gasteiger partial charge in [0.05, 0.1) is 17.8 Å². The van der Waals surface area contributed by atoms with Crippen molar-refractivity contribution in [3.05, 3.63) is 54.5 Å². The highest BCUT2D eigenvalue weighted by molar-refractivity contribution is 5.89. The number of anilines is 2. The van der Waals surface area contributed by atoms with Crippen LogP contribution in [0.1, 0.15) is 43.7 Å². The monoisotopic (exact) mass is 614 g/mol. The number of piperazine rings is 1. The third-order valence-electron chi connectivity index (χ3n) is 9.31. The summed E-state index contributed by atoms with van der Waals surface area (Å²) in [6, 6.07) is 14.3. The summed E-state index contributed by atoms with van der Waals surface area (Å²) in [5, 5.41) is 4.13. The van der Waals surface area contributed by atoms with Crippen molar-refractivity contribution in [3.63, 3.8) is 0 Å². The zero-order valence-electron chi connectivity index (χ0n) is 26.7. The normalized spacial score (nSPS) is 18.0. The second-order valence-corrected chi connectivity index (χ2v) is 12.6. The average Bonchev–Trinajstić information content (AvgIpc) is 3.62. The van der Waals surface area contributed by atoms with E-state index in [1.165, 1.54) is 18.5 Å². The largest absolute Gasteiger partial charge is 0.493 e. The predicted octanol–water partition coefficient (Wildman–Crippen LogP) is 4.71. The molecule has 11 heteroatoms. The maximum Gasteiger partial charge on any atom is 0.321 e. The van der Waals surface area contributed by atoms with Gasteiger partial charge in [-0.15, -0.1) is 0 Å². The second-order valence-electron chi connectivity index (χ2n) is 12.6. The maximum absolute atomic E-state index is 13.0. The van der Waals surface area contributed by atoms with E-state index in [9.17, 15) is 9.59 Å². The number of carbonyl (C=O) groups is 2. The van der Waals surface area contributed by atoms with Gasteiger partial charge in [0.25, 0.3) is 0 Å². The molecule has 0 aliphatic carbocycles. The Morgan fingerprint density at radius 2 is 1.62 bits per heavy atom. The number of carbonyl (C=O) groups excluding carboxylic acids is 2. The Kier molecular flexibility index (Phi) is 9.83. The van der Waals surface area contributed by atoms with E-state index in [1.54, 1.807) is 25.3 Å². The number of hydrogen-bond donors (Lipinski definition) is 1. The smallest absolute Gasteiger partial charge is 0.321 e. The summed E-state index contributed by atoms with van der Waals surface area (Å²) in [5.41, 5.74) is 4.00. The van der Waals surface area contributed by atoms with E-state index in [0.717, 1.165) is 93.1 Å². The Bertz CT molecular complexity index is 1440. The van der Waals surface area contributed by atoms with E-state index in [2.05, 4.69) is 43.3 Å². The number of urea groups is 2. The standard InChI is InChI=1S/C34H46N8O3/c1-38(2)34(44)42-21-19-39(20-22-42)14-5-23-45-29-10-11-30-31(24-29)35-25-36-32(30)26-12-17-41(18-13-26)33(43)37-27-6-8-28(9-7-27)40-15-3-4-16-40/h6-11,24-26H,3-5,12-23H2,1-2H3,(H,37,43). The summed E-state index contributed by atoms with van der Waals surface area (Å²) in [6.07, 6.45) is 6.79. The fourth-order valence-corrected chi connectivity index (χ4v) is 6.69. The van der Waals surface area contributed by atoms with Gasteiger partial charge >= 0.3 is 12.1 Å². The number of ether oxygens (including phenoxy) is 1. The Labute approximate surface area is 266 Å². The summed E-state index contributed by atoms with van der Waals surface area (Å²) in [6.45, 7) is 8.51. The molecule has 0 unspecified atom stereocenters. The summed E-state index contributed by atoms with van der Waals surface area (Å²) >= 11 is 0. The lowest BCUT2D eigenvalue weighted by Gasteiger charge is -2.35. The molecule has 0 radical (unpaired) electrons. The highest BCUT2D eigenvalue weighted by atomic mass is 16.5. The minimum absolute atomic E-state index is 0.0432. The molecule has 45 heavy (non-hydrogen) atoms. The molecule has 4 amide bonds. The Hall–Kier alpha value is -4.12. The summed E-state index contributed by atoms with van der Waals surface area (Å²) in [5.74, 6) is 1.09. The van der Waals surface area contributed by atoms with Crippen LogP contribution in [0.4, 0.5) is 21.0 Å². The minimum Gasteiger partial charge on any atom is -0.493 e. The van der Waals surface area contributed by atoms with Gasteiger partial charge in [0, 0.05) is 102 Å². The molecule has 4 heterocycles. The molecule has 0 atom stereocenters. The lowest BCUT2D eigenvalue weighted by Crippen LogP contribution is -2.51. The van der Waals surface area contributed by atoms with Crippen molar-refractivity contribution in [3.8, 4) is 5.75 Å². The van der Waals surface area contributed by atoms with Crippen LogP contribution in [0.25, 0.3) is 10.9 Å². The van der Waals surface area contributed by atoms with Crippen LogP contribution < -0.4 is 15.0 Å². The van der Waals surface area contributed by atoms with Crippen LogP contribution in [-0.4, -0.2) is 121 Å². The highest BCUT2D eigenvalue weighted by Gasteiger charge is 2.26. The van der Waals surface area contributed by atoms with Crippen molar-refractivity contribution in [1.82, 2.24) is 29.6 Å². The van der Waals surface area contributed by atoms with Crippen molar-refractivity contribution in [2.75, 3.05) is 89.8 Å². The van der Waals surface area contributed by atoms with E-state index in [-0.39, 0.29) is 18.0 Å². The first-order chi connectivity index (χ1) is 21.9. The number of hydrogen-bond acceptors (Lipinski definition) is 7. The van der Waals surface area contributed by atoms with Crippen LogP contribution in [0.15, 0.2) is 48.8 Å². The zero-order chi connectivity index (χ0) is 31.2. The van der Waals surface area contributed by atoms with Crippen molar-refractivity contribution in [2.24, 2.45) is 0 Å². The molecular formula is C34H46N8O3. The molecular weight excluding hydrogens is 568 g/mol. The first kappa shape index (κ1) is 30.9. The molecule has 1 aromatic heterocycles. The van der Waals surface area contributed by atoms with Gasteiger partial charge in [-0.25, -0.2) is 19.6 Å². The summed E-state index contributed by atoms with van der Waals surface area (Å²) in [4.78, 5) is 44.6. The SMILES string of the molecule is CN(C)C(=O)N1CCN(CCCOc2ccc3c(C4CCN(C(=O)Nc5ccc(N6CCCC6)cc5)CC4)ncnc3c2)CC1. The molecule has 3 fully saturated rings. The number of amides is 4. The minimum atomic E-state index is -0.0432. The first-order valence-electron chi connectivity index (χ1n) is 16.4. The van der Waals surface area contributed by atoms with Crippen LogP contribution in [0.3, 0.4) is 0 Å². The quantitative estimate of drug-likeness (QED) is 0.367. The number of fused-ring (bicyclic) bond motifs is 1. The molecule has 6 rings (SSSR count). The lowest BCUT2D eigenvalue weighted by atomic mass is 9.91. The molecule has 3 aliphatic rings. The number of nitrogens with one attached hydrogen (secondary N) is 1. The number of rotatable bonds is 8. The fourth-order valence-electron chi connectivity index (χ4n) is 6.69. The molecule has 240 valence electrons. The van der Waals surface area contributed by atoms with Crippen molar-refractivity contribution in [1.29, 1.82) is 0 Å². The van der Waals surface area contributed by atoms with Crippen molar-refractivity contribution in [2.45, 2.75) is 38.0 Å². The average molecular weight is 615 g/mol. The molecule has 0 saturated carbocycles. The van der Waals surface area contributed by atoms with E-state index in [4.69, 9.17) is 4.74 Å². The number of benzene rings is 2. The van der Waals surface area contributed by atoms with Crippen LogP contribution in [0.2, 0.25) is 0 Å². The van der Waals surface area contributed by atoms with E-state index < -0.39 is 0 Å². The third kappa shape index (κ3) is 7.58. The van der Waals surface area contributed by atoms with Gasteiger partial charge in [-0.3, -0.25) is 4.90 Å². The molecule has 1 N–H and O–H groups in total. The van der Waals surface area contributed by atoms with Crippen LogP contribution in [0.5, 0.6) is 5.75 Å². The number of likely N-dealkylation sites (tertiary alicyclic amines) is 1. The number of aromatic nitrogens is 2. The fraction of sp³-hybridized carbons (Fsp3) is 0.529. The van der Waals surface area contributed by atoms with Crippen LogP contribution >= 0.6 is 0 Å². The van der Waals surface area contributed by atoms with E-state index >= 15 is 0 Å². The second kappa shape index (κ2) is 14.3. The molecule has 3 aromatic rings. The molecule has 2 aromatic carbocycles. The first-order valence-corrected chi connectivity index (χ1v) is 16.4. The Balaban J connectivity index is 0.956. The van der Waals surface area contributed by atoms with Gasteiger partial charge in [-0.1, -0.05) is 0 Å². The number of piperidine rings is 1. The van der Waals surface area contributed by atoms with Crippen molar-refractivity contribution >= 4 is 34.3 Å². The van der Waals surface area contributed by atoms with Gasteiger partial charge in [-0.05, 0) is 68.5 Å². The molecule has 3 aliphatic heterocycles. The Morgan fingerprint density at radius 1 is 0.889 bits per heavy atom. The summed E-state index contributed by atoms with van der Waals surface area (Å²) < 4.78 is 6.09. The van der Waals surface area contributed by atoms with Gasteiger partial charge in [-0.2, -0.15) is 0 Å². The highest BCUT2D eigenvalue weighted by Crippen LogP contribution is 2.32. The van der Waals surface area contributed by atoms with E-state index in [0.29, 0.717) is 19.7 Å². The summed E-state index contributed by atoms with van der Waals surface area (Å²) in [7, 11) is 3.60. The van der Waals surface area contributed by atoms with Gasteiger partial charge in [0.15, 0.2) is 0 Å². The van der Waals surface area contributed by atoms with Gasteiger partial charge in [0.2, 0.25) is 0 Å². The zero-order valence-corrected chi connectivity index (χ0v) is 26.7. The lowest BCUT2D eigenvalue weighted by molar-refractivity contribution is 0.119. The van der Waals surface area contributed by atoms with Crippen LogP contribution in [0, 0.1) is 0 Å². The number of nitrogens with zero attached hydrogens (tertiary/aromatic N) is 7.